The monoisotopic (exact) mass is 296 g/mol. The van der Waals surface area contributed by atoms with Crippen LogP contribution in [0.5, 0.6) is 0 Å². The third-order valence-electron chi connectivity index (χ3n) is 3.13. The summed E-state index contributed by atoms with van der Waals surface area (Å²) in [7, 11) is 0. The second-order valence-corrected chi connectivity index (χ2v) is 4.62. The molecule has 0 aromatic carbocycles. The maximum Gasteiger partial charge on any atom is 0.351 e. The number of primary amides is 1. The van der Waals surface area contributed by atoms with Crippen LogP contribution in [0.1, 0.15) is 18.2 Å². The fraction of sp³-hybridized carbons (Fsp3) is 0.417. The number of nitrogens with two attached hydrogens (primary N) is 2. The predicted molar refractivity (Wildman–Crippen MR) is 72.8 cm³/mol. The van der Waals surface area contributed by atoms with Gasteiger partial charge in [0.2, 0.25) is 5.91 Å². The number of anilines is 1. The summed E-state index contributed by atoms with van der Waals surface area (Å²) in [6.07, 6.45) is 1.51. The zero-order valence-corrected chi connectivity index (χ0v) is 11.0. The molecule has 0 aliphatic carbocycles. The van der Waals surface area contributed by atoms with E-state index in [0.29, 0.717) is 5.56 Å². The van der Waals surface area contributed by atoms with Gasteiger partial charge in [0.25, 0.3) is 0 Å². The van der Waals surface area contributed by atoms with Gasteiger partial charge in [-0.2, -0.15) is 4.98 Å². The van der Waals surface area contributed by atoms with Gasteiger partial charge in [0.1, 0.15) is 18.1 Å². The fourth-order valence-corrected chi connectivity index (χ4v) is 2.05. The zero-order chi connectivity index (χ0) is 15.6. The normalized spacial score (nSPS) is 25.5. The van der Waals surface area contributed by atoms with Crippen molar-refractivity contribution < 1.29 is 19.7 Å². The molecule has 1 aliphatic rings. The average molecular weight is 296 g/mol. The van der Waals surface area contributed by atoms with Crippen LogP contribution < -0.4 is 17.2 Å². The van der Waals surface area contributed by atoms with Crippen molar-refractivity contribution in [2.75, 3.05) is 12.3 Å². The molecular formula is C12H16N4O5. The molecule has 2 heterocycles. The number of carbonyl (C=O) groups is 1. The molecule has 0 saturated carbocycles. The number of hydrogen-bond donors (Lipinski definition) is 4. The highest BCUT2D eigenvalue weighted by Gasteiger charge is 2.35. The standard InChI is InChI=1S/C12H16N4O5/c13-9(19)2-1-6-4-16(12(20)15-11(6)14)10-3-7(18)8(5-17)21-10/h1-2,4,7-8,10,17-18H,3,5H2,(H2,13,19)(H2,14,15,20)/t7?,8-,10-/m1/s1. The molecule has 1 amide bonds. The van der Waals surface area contributed by atoms with Crippen molar-refractivity contribution in [1.29, 1.82) is 0 Å². The van der Waals surface area contributed by atoms with E-state index < -0.39 is 30.0 Å². The highest BCUT2D eigenvalue weighted by atomic mass is 16.5. The van der Waals surface area contributed by atoms with E-state index in [1.54, 1.807) is 0 Å². The SMILES string of the molecule is NC(=O)C=Cc1cn([C@H]2CC(O)[C@@H](CO)O2)c(=O)nc1N. The lowest BCUT2D eigenvalue weighted by molar-refractivity contribution is -0.113. The van der Waals surface area contributed by atoms with E-state index in [1.807, 2.05) is 0 Å². The molecule has 21 heavy (non-hydrogen) atoms. The van der Waals surface area contributed by atoms with Gasteiger partial charge >= 0.3 is 5.69 Å². The molecule has 9 nitrogen and oxygen atoms in total. The molecule has 0 radical (unpaired) electrons. The van der Waals surface area contributed by atoms with Gasteiger partial charge in [-0.25, -0.2) is 4.79 Å². The number of ether oxygens (including phenoxy) is 1. The summed E-state index contributed by atoms with van der Waals surface area (Å²) in [4.78, 5) is 26.2. The second kappa shape index (κ2) is 6.04. The minimum absolute atomic E-state index is 0.0500. The van der Waals surface area contributed by atoms with Crippen molar-refractivity contribution in [3.63, 3.8) is 0 Å². The van der Waals surface area contributed by atoms with Crippen molar-refractivity contribution in [1.82, 2.24) is 9.55 Å². The second-order valence-electron chi connectivity index (χ2n) is 4.62. The quantitative estimate of drug-likeness (QED) is 0.467. The summed E-state index contributed by atoms with van der Waals surface area (Å²) in [5, 5.41) is 18.7. The topological polar surface area (TPSA) is 154 Å². The lowest BCUT2D eigenvalue weighted by Crippen LogP contribution is -2.28. The molecule has 1 aliphatic heterocycles. The van der Waals surface area contributed by atoms with Gasteiger partial charge in [0.05, 0.1) is 12.7 Å². The number of aromatic nitrogens is 2. The third kappa shape index (κ3) is 3.27. The van der Waals surface area contributed by atoms with Crippen LogP contribution in [0.25, 0.3) is 6.08 Å². The van der Waals surface area contributed by atoms with Crippen LogP contribution in [-0.4, -0.2) is 44.5 Å². The first-order valence-corrected chi connectivity index (χ1v) is 6.23. The lowest BCUT2D eigenvalue weighted by atomic mass is 10.2. The molecule has 1 aromatic heterocycles. The number of nitrogen functional groups attached to an aromatic ring is 1. The molecule has 1 saturated heterocycles. The van der Waals surface area contributed by atoms with Crippen molar-refractivity contribution in [2.24, 2.45) is 5.73 Å². The fourth-order valence-electron chi connectivity index (χ4n) is 2.05. The van der Waals surface area contributed by atoms with Crippen LogP contribution in [0.15, 0.2) is 17.1 Å². The third-order valence-corrected chi connectivity index (χ3v) is 3.13. The number of aliphatic hydroxyl groups is 2. The van der Waals surface area contributed by atoms with Crippen LogP contribution >= 0.6 is 0 Å². The Hall–Kier alpha value is -2.23. The molecule has 0 bridgehead atoms. The van der Waals surface area contributed by atoms with Crippen LogP contribution in [0.4, 0.5) is 5.82 Å². The molecule has 0 spiro atoms. The molecule has 9 heteroatoms. The first-order valence-electron chi connectivity index (χ1n) is 6.23. The van der Waals surface area contributed by atoms with E-state index in [9.17, 15) is 14.7 Å². The Labute approximate surface area is 119 Å². The van der Waals surface area contributed by atoms with Gasteiger partial charge in [-0.15, -0.1) is 0 Å². The molecule has 6 N–H and O–H groups in total. The number of rotatable bonds is 4. The Kier molecular flexibility index (Phi) is 4.36. The highest BCUT2D eigenvalue weighted by Crippen LogP contribution is 2.27. The van der Waals surface area contributed by atoms with Crippen LogP contribution in [0, 0.1) is 0 Å². The van der Waals surface area contributed by atoms with Crippen molar-refractivity contribution >= 4 is 17.8 Å². The van der Waals surface area contributed by atoms with Crippen molar-refractivity contribution in [3.05, 3.63) is 28.3 Å². The van der Waals surface area contributed by atoms with E-state index >= 15 is 0 Å². The molecule has 1 aromatic rings. The van der Waals surface area contributed by atoms with Crippen LogP contribution in [-0.2, 0) is 9.53 Å². The first-order chi connectivity index (χ1) is 9.92. The molecular weight excluding hydrogens is 280 g/mol. The van der Waals surface area contributed by atoms with Gasteiger partial charge < -0.3 is 26.4 Å². The Morgan fingerprint density at radius 3 is 2.90 bits per heavy atom. The maximum absolute atomic E-state index is 11.9. The summed E-state index contributed by atoms with van der Waals surface area (Å²) in [6.45, 7) is -0.358. The Morgan fingerprint density at radius 2 is 2.33 bits per heavy atom. The summed E-state index contributed by atoms with van der Waals surface area (Å²) in [6, 6.07) is 0. The predicted octanol–water partition coefficient (Wildman–Crippen LogP) is -2.04. The highest BCUT2D eigenvalue weighted by molar-refractivity contribution is 5.90. The Bertz CT molecular complexity index is 627. The van der Waals surface area contributed by atoms with Crippen LogP contribution in [0.3, 0.4) is 0 Å². The molecule has 3 atom stereocenters. The van der Waals surface area contributed by atoms with Crippen molar-refractivity contribution in [3.8, 4) is 0 Å². The van der Waals surface area contributed by atoms with E-state index in [4.69, 9.17) is 21.3 Å². The Morgan fingerprint density at radius 1 is 1.62 bits per heavy atom. The summed E-state index contributed by atoms with van der Waals surface area (Å²) >= 11 is 0. The number of aliphatic hydroxyl groups excluding tert-OH is 2. The van der Waals surface area contributed by atoms with Crippen LogP contribution in [0.2, 0.25) is 0 Å². The molecule has 1 fully saturated rings. The summed E-state index contributed by atoms with van der Waals surface area (Å²) in [5.74, 6) is -0.717. The first kappa shape index (κ1) is 15.2. The Balaban J connectivity index is 2.34. The van der Waals surface area contributed by atoms with E-state index in [1.165, 1.54) is 12.3 Å². The maximum atomic E-state index is 11.9. The number of amides is 1. The molecule has 114 valence electrons. The van der Waals surface area contributed by atoms with Crippen molar-refractivity contribution in [2.45, 2.75) is 24.9 Å². The van der Waals surface area contributed by atoms with E-state index in [0.717, 1.165) is 10.6 Å². The smallest absolute Gasteiger partial charge is 0.351 e. The minimum atomic E-state index is -0.880. The molecule has 1 unspecified atom stereocenters. The van der Waals surface area contributed by atoms with Gasteiger partial charge in [0.15, 0.2) is 0 Å². The number of nitrogens with zero attached hydrogens (tertiary/aromatic N) is 2. The van der Waals surface area contributed by atoms with Gasteiger partial charge in [-0.05, 0) is 6.08 Å². The van der Waals surface area contributed by atoms with Gasteiger partial charge in [-0.1, -0.05) is 0 Å². The zero-order valence-electron chi connectivity index (χ0n) is 11.0. The number of hydrogen-bond acceptors (Lipinski definition) is 7. The number of carbonyl (C=O) groups excluding carboxylic acids is 1. The minimum Gasteiger partial charge on any atom is -0.394 e. The lowest BCUT2D eigenvalue weighted by Gasteiger charge is -2.15. The average Bonchev–Trinajstić information content (AvgIpc) is 2.78. The summed E-state index contributed by atoms with van der Waals surface area (Å²) in [5.41, 5.74) is 10.3. The largest absolute Gasteiger partial charge is 0.394 e. The van der Waals surface area contributed by atoms with E-state index in [2.05, 4.69) is 4.98 Å². The molecule has 2 rings (SSSR count). The van der Waals surface area contributed by atoms with E-state index in [-0.39, 0.29) is 18.8 Å². The van der Waals surface area contributed by atoms with Gasteiger partial charge in [0, 0.05) is 24.3 Å². The summed E-state index contributed by atoms with van der Waals surface area (Å²) < 4.78 is 6.53. The van der Waals surface area contributed by atoms with Gasteiger partial charge in [-0.3, -0.25) is 9.36 Å².